The van der Waals surface area contributed by atoms with Crippen LogP contribution >= 0.6 is 0 Å². The Hall–Kier alpha value is -0.810. The highest BCUT2D eigenvalue weighted by Crippen LogP contribution is 1.78. The first-order chi connectivity index (χ1) is 4.47. The third-order valence-electron chi connectivity index (χ3n) is 0.328. The first-order valence-corrected chi connectivity index (χ1v) is 3.87. The van der Waals surface area contributed by atoms with Gasteiger partial charge in [0, 0.05) is 0 Å². The molecule has 0 atom stereocenters. The number of rotatable bonds is 2. The Labute approximate surface area is 60.2 Å². The molecule has 0 saturated heterocycles. The highest BCUT2D eigenvalue weighted by molar-refractivity contribution is 7.85. The molecular weight excluding hydrogens is 156 g/mol. The maximum Gasteiger partial charge on any atom is 0.268 e. The van der Waals surface area contributed by atoms with Crippen molar-refractivity contribution in [2.75, 3.05) is 5.75 Å². The maximum absolute atomic E-state index is 9.72. The van der Waals surface area contributed by atoms with Crippen LogP contribution in [0.25, 0.3) is 0 Å². The van der Waals surface area contributed by atoms with Crippen LogP contribution in [-0.2, 0) is 15.2 Å². The van der Waals surface area contributed by atoms with Gasteiger partial charge in [-0.2, -0.15) is 8.42 Å². The van der Waals surface area contributed by atoms with Crippen molar-refractivity contribution in [1.82, 2.24) is 0 Å². The lowest BCUT2D eigenvalue weighted by atomic mass is 10.8. The Morgan fingerprint density at radius 3 is 1.70 bits per heavy atom. The molecule has 1 N–H and O–H groups in total. The summed E-state index contributed by atoms with van der Waals surface area (Å²) >= 11 is 0. The first-order valence-electron chi connectivity index (χ1n) is 2.27. The Balaban J connectivity index is 0. The van der Waals surface area contributed by atoms with Gasteiger partial charge in [0.2, 0.25) is 0 Å². The Bertz CT molecular complexity index is 180. The highest BCUT2D eigenvalue weighted by Gasteiger charge is 1.95. The van der Waals surface area contributed by atoms with Crippen molar-refractivity contribution >= 4 is 10.1 Å². The minimum Gasteiger partial charge on any atom is -0.299 e. The summed E-state index contributed by atoms with van der Waals surface area (Å²) in [6.07, 6.45) is 1.62. The van der Waals surface area contributed by atoms with Crippen molar-refractivity contribution in [1.29, 1.82) is 0 Å². The van der Waals surface area contributed by atoms with Gasteiger partial charge in [-0.25, -0.2) is 0 Å². The Morgan fingerprint density at radius 2 is 1.70 bits per heavy atom. The fraction of sp³-hybridized carbons (Fsp3) is 0.200. The third kappa shape index (κ3) is 27.1. The predicted molar refractivity (Wildman–Crippen MR) is 37.5 cm³/mol. The van der Waals surface area contributed by atoms with Gasteiger partial charge in [0.05, 0.1) is 5.75 Å². The largest absolute Gasteiger partial charge is 0.299 e. The summed E-state index contributed by atoms with van der Waals surface area (Å²) in [5.41, 5.74) is 0. The zero-order chi connectivity index (χ0) is 8.62. The molecule has 0 aliphatic rings. The summed E-state index contributed by atoms with van der Waals surface area (Å²) in [5, 5.41) is 8.69. The topological polar surface area (TPSA) is 74.3 Å². The molecule has 0 amide bonds. The van der Waals surface area contributed by atoms with Crippen molar-refractivity contribution in [3.63, 3.8) is 0 Å². The van der Waals surface area contributed by atoms with E-state index in [-0.39, 0.29) is 5.75 Å². The fourth-order valence-electron chi connectivity index (χ4n) is 0.149. The van der Waals surface area contributed by atoms with Gasteiger partial charge in [0.25, 0.3) is 10.1 Å². The molecule has 0 fully saturated rings. The van der Waals surface area contributed by atoms with Crippen LogP contribution in [0.3, 0.4) is 0 Å². The minimum absolute atomic E-state index is 0.368. The molecule has 0 rings (SSSR count). The van der Waals surface area contributed by atoms with E-state index < -0.39 is 10.1 Å². The van der Waals surface area contributed by atoms with E-state index in [2.05, 4.69) is 13.2 Å². The summed E-state index contributed by atoms with van der Waals surface area (Å²) in [6, 6.07) is 0. The van der Waals surface area contributed by atoms with E-state index in [1.54, 1.807) is 0 Å². The minimum atomic E-state index is -3.79. The molecule has 0 heterocycles. The molecule has 0 saturated carbocycles. The first kappa shape index (κ1) is 11.9. The fourth-order valence-corrected chi connectivity index (χ4v) is 0.447. The maximum atomic E-state index is 9.72. The average molecular weight is 165 g/mol. The SMILES string of the molecule is C=CCS(=O)(=O)O.C=C[O]. The van der Waals surface area contributed by atoms with Crippen LogP contribution in [-0.4, -0.2) is 18.7 Å². The zero-order valence-corrected chi connectivity index (χ0v) is 6.17. The molecular formula is C5H9O4S. The van der Waals surface area contributed by atoms with Gasteiger partial charge in [0.15, 0.2) is 0 Å². The van der Waals surface area contributed by atoms with Crippen LogP contribution in [0.2, 0.25) is 0 Å². The number of hydrogen-bond acceptors (Lipinski definition) is 2. The standard InChI is InChI=1S/C3H6O3S.C2H3O/c1-2-3-7(4,5)6;1-2-3/h2H,1,3H2,(H,4,5,6);2H,1H2. The second-order valence-electron chi connectivity index (χ2n) is 1.20. The smallest absolute Gasteiger partial charge is 0.268 e. The Morgan fingerprint density at radius 1 is 1.40 bits per heavy atom. The van der Waals surface area contributed by atoms with Gasteiger partial charge < -0.3 is 0 Å². The van der Waals surface area contributed by atoms with Crippen molar-refractivity contribution in [3.8, 4) is 0 Å². The molecule has 10 heavy (non-hydrogen) atoms. The van der Waals surface area contributed by atoms with Gasteiger partial charge in [-0.05, 0) is 0 Å². The van der Waals surface area contributed by atoms with E-state index in [4.69, 9.17) is 9.66 Å². The van der Waals surface area contributed by atoms with Crippen LogP contribution in [0.4, 0.5) is 0 Å². The van der Waals surface area contributed by atoms with Crippen LogP contribution in [0.1, 0.15) is 0 Å². The van der Waals surface area contributed by atoms with E-state index in [1.807, 2.05) is 0 Å². The molecule has 0 aliphatic heterocycles. The lowest BCUT2D eigenvalue weighted by molar-refractivity contribution is 0.353. The average Bonchev–Trinajstić information content (AvgIpc) is 1.63. The summed E-state index contributed by atoms with van der Waals surface area (Å²) in [6.45, 7) is 5.91. The van der Waals surface area contributed by atoms with E-state index in [9.17, 15) is 8.42 Å². The summed E-state index contributed by atoms with van der Waals surface area (Å²) in [7, 11) is -3.79. The van der Waals surface area contributed by atoms with Crippen molar-refractivity contribution in [2.45, 2.75) is 0 Å². The lowest BCUT2D eigenvalue weighted by Crippen LogP contribution is -1.99. The molecule has 1 radical (unpaired) electrons. The summed E-state index contributed by atoms with van der Waals surface area (Å²) < 4.78 is 27.3. The van der Waals surface area contributed by atoms with Gasteiger partial charge >= 0.3 is 0 Å². The second kappa shape index (κ2) is 6.31. The molecule has 0 spiro atoms. The molecule has 59 valence electrons. The molecule has 4 nitrogen and oxygen atoms in total. The molecule has 0 aromatic heterocycles. The zero-order valence-electron chi connectivity index (χ0n) is 5.36. The molecule has 0 aliphatic carbocycles. The van der Waals surface area contributed by atoms with Gasteiger partial charge in [0.1, 0.15) is 6.26 Å². The van der Waals surface area contributed by atoms with E-state index in [0.29, 0.717) is 6.26 Å². The van der Waals surface area contributed by atoms with E-state index in [0.717, 1.165) is 6.08 Å². The molecule has 0 unspecified atom stereocenters. The normalized spacial score (nSPS) is 8.90. The van der Waals surface area contributed by atoms with Gasteiger partial charge in [-0.15, -0.1) is 6.58 Å². The third-order valence-corrected chi connectivity index (χ3v) is 0.985. The van der Waals surface area contributed by atoms with Crippen molar-refractivity contribution in [2.24, 2.45) is 0 Å². The van der Waals surface area contributed by atoms with Gasteiger partial charge in [-0.3, -0.25) is 9.66 Å². The lowest BCUT2D eigenvalue weighted by Gasteiger charge is -1.82. The van der Waals surface area contributed by atoms with Crippen LogP contribution in [0.5, 0.6) is 0 Å². The molecule has 0 aromatic rings. The van der Waals surface area contributed by atoms with E-state index in [1.165, 1.54) is 0 Å². The number of hydrogen-bond donors (Lipinski definition) is 1. The highest BCUT2D eigenvalue weighted by atomic mass is 32.2. The summed E-state index contributed by atoms with van der Waals surface area (Å²) in [4.78, 5) is 0. The predicted octanol–water partition coefficient (Wildman–Crippen LogP) is 0.621. The second-order valence-corrected chi connectivity index (χ2v) is 2.70. The van der Waals surface area contributed by atoms with E-state index >= 15 is 0 Å². The monoisotopic (exact) mass is 165 g/mol. The Kier molecular flexibility index (Phi) is 7.53. The van der Waals surface area contributed by atoms with Crippen molar-refractivity contribution < 1.29 is 18.1 Å². The van der Waals surface area contributed by atoms with Crippen LogP contribution in [0, 0.1) is 0 Å². The van der Waals surface area contributed by atoms with Crippen LogP contribution < -0.4 is 0 Å². The summed E-state index contributed by atoms with van der Waals surface area (Å²) in [5.74, 6) is -0.368. The van der Waals surface area contributed by atoms with Crippen molar-refractivity contribution in [3.05, 3.63) is 25.5 Å². The molecule has 0 aromatic carbocycles. The van der Waals surface area contributed by atoms with Crippen LogP contribution in [0.15, 0.2) is 25.5 Å². The molecule has 0 bridgehead atoms. The van der Waals surface area contributed by atoms with Gasteiger partial charge in [-0.1, -0.05) is 12.7 Å². The molecule has 5 heteroatoms. The quantitative estimate of drug-likeness (QED) is 0.370.